The zero-order valence-electron chi connectivity index (χ0n) is 28.6. The van der Waals surface area contributed by atoms with Gasteiger partial charge in [0.15, 0.2) is 0 Å². The fourth-order valence-corrected chi connectivity index (χ4v) is 8.47. The first-order valence-corrected chi connectivity index (χ1v) is 17.3. The molecule has 2 heteroatoms. The first kappa shape index (κ1) is 28.8. The van der Waals surface area contributed by atoms with E-state index in [9.17, 15) is 0 Å². The van der Waals surface area contributed by atoms with E-state index in [4.69, 9.17) is 0 Å². The Hall–Kier alpha value is -5.34. The number of fused-ring (bicyclic) bond motifs is 8. The molecule has 0 bridgehead atoms. The van der Waals surface area contributed by atoms with Gasteiger partial charge in [0.25, 0.3) is 0 Å². The van der Waals surface area contributed by atoms with Gasteiger partial charge < -0.3 is 9.13 Å². The van der Waals surface area contributed by atoms with E-state index in [1.165, 1.54) is 98.7 Å². The molecule has 2 heterocycles. The maximum Gasteiger partial charge on any atom is 0.0626 e. The molecule has 0 aliphatic rings. The molecule has 0 N–H and O–H groups in total. The molecule has 48 heavy (non-hydrogen) atoms. The quantitative estimate of drug-likeness (QED) is 0.185. The summed E-state index contributed by atoms with van der Waals surface area (Å²) in [4.78, 5) is 0. The highest BCUT2D eigenvalue weighted by Crippen LogP contribution is 2.45. The first-order chi connectivity index (χ1) is 23.3. The smallest absolute Gasteiger partial charge is 0.0626 e. The van der Waals surface area contributed by atoms with Gasteiger partial charge in [-0.05, 0) is 120 Å². The molecule has 0 saturated heterocycles. The van der Waals surface area contributed by atoms with Crippen molar-refractivity contribution in [1.82, 2.24) is 9.13 Å². The maximum atomic E-state index is 2.55. The lowest BCUT2D eigenvalue weighted by Crippen LogP contribution is -2.02. The minimum absolute atomic E-state index is 0.337. The van der Waals surface area contributed by atoms with Crippen molar-refractivity contribution < 1.29 is 0 Å². The number of benzene rings is 7. The molecule has 7 aromatic carbocycles. The molecule has 9 rings (SSSR count). The fourth-order valence-electron chi connectivity index (χ4n) is 8.47. The Kier molecular flexibility index (Phi) is 6.36. The van der Waals surface area contributed by atoms with Crippen LogP contribution in [-0.2, 0) is 0 Å². The lowest BCUT2D eigenvalue weighted by atomic mass is 9.93. The fraction of sp³-hybridized carbons (Fsp3) is 0.174. The van der Waals surface area contributed by atoms with Crippen molar-refractivity contribution in [3.63, 3.8) is 0 Å². The second kappa shape index (κ2) is 10.6. The summed E-state index contributed by atoms with van der Waals surface area (Å²) >= 11 is 0. The van der Waals surface area contributed by atoms with Gasteiger partial charge in [-0.3, -0.25) is 0 Å². The van der Waals surface area contributed by atoms with E-state index >= 15 is 0 Å². The number of rotatable bonds is 4. The van der Waals surface area contributed by atoms with E-state index in [0.29, 0.717) is 12.0 Å². The molecule has 0 amide bonds. The molecule has 0 unspecified atom stereocenters. The van der Waals surface area contributed by atoms with E-state index in [0.717, 1.165) is 0 Å². The molecule has 234 valence electrons. The Balaban J connectivity index is 1.45. The number of nitrogens with zero attached hydrogens (tertiary/aromatic N) is 2. The Morgan fingerprint density at radius 1 is 0.479 bits per heavy atom. The van der Waals surface area contributed by atoms with Crippen molar-refractivity contribution >= 4 is 65.2 Å². The lowest BCUT2D eigenvalue weighted by molar-refractivity contribution is 0.642. The van der Waals surface area contributed by atoms with Gasteiger partial charge in [-0.1, -0.05) is 92.7 Å². The van der Waals surface area contributed by atoms with Crippen molar-refractivity contribution in [2.75, 3.05) is 0 Å². The average molecular weight is 621 g/mol. The topological polar surface area (TPSA) is 9.86 Å². The predicted molar refractivity (Wildman–Crippen MR) is 208 cm³/mol. The minimum atomic E-state index is 0.337. The zero-order chi connectivity index (χ0) is 32.8. The minimum Gasteiger partial charge on any atom is -0.338 e. The third-order valence-electron chi connectivity index (χ3n) is 10.6. The molecule has 9 aromatic rings. The number of hydrogen-bond donors (Lipinski definition) is 0. The average Bonchev–Trinajstić information content (AvgIpc) is 3.58. The normalized spacial score (nSPS) is 12.3. The third kappa shape index (κ3) is 4.12. The maximum absolute atomic E-state index is 2.55. The number of aryl methyl sites for hydroxylation is 2. The number of hydrogen-bond acceptors (Lipinski definition) is 0. The zero-order valence-corrected chi connectivity index (χ0v) is 28.6. The molecule has 0 atom stereocenters. The number of aromatic nitrogens is 2. The standard InChI is InChI=1S/C46H40N2/c1-27(2)37-21-30(6)43(22-29(37)5)48-41-18-12-11-17-36(41)40-24-33-15-9-10-16-35(33)45(46(40)48)34-19-20-42-38(25-34)39-23-31-13-7-8-14-32(31)26-44(39)47(42)28(3)4/h7-28H,1-6H3. The van der Waals surface area contributed by atoms with Gasteiger partial charge >= 0.3 is 0 Å². The van der Waals surface area contributed by atoms with Gasteiger partial charge in [0, 0.05) is 49.9 Å². The largest absolute Gasteiger partial charge is 0.338 e. The van der Waals surface area contributed by atoms with Crippen molar-refractivity contribution in [1.29, 1.82) is 0 Å². The summed E-state index contributed by atoms with van der Waals surface area (Å²) in [5, 5.41) is 10.3. The molecule has 2 nitrogen and oxygen atoms in total. The Bertz CT molecular complexity index is 2750. The van der Waals surface area contributed by atoms with Crippen LogP contribution >= 0.6 is 0 Å². The van der Waals surface area contributed by atoms with Crippen LogP contribution in [0, 0.1) is 13.8 Å². The van der Waals surface area contributed by atoms with Crippen LogP contribution < -0.4 is 0 Å². The van der Waals surface area contributed by atoms with Crippen LogP contribution in [0.5, 0.6) is 0 Å². The molecule has 0 saturated carbocycles. The Labute approximate surface area is 281 Å². The van der Waals surface area contributed by atoms with Crippen molar-refractivity contribution in [2.24, 2.45) is 0 Å². The van der Waals surface area contributed by atoms with Crippen LogP contribution in [0.1, 0.15) is 56.3 Å². The second-order valence-corrected chi connectivity index (χ2v) is 14.3. The third-order valence-corrected chi connectivity index (χ3v) is 10.6. The lowest BCUT2D eigenvalue weighted by Gasteiger charge is -2.19. The molecule has 0 aliphatic carbocycles. The molecule has 2 aromatic heterocycles. The van der Waals surface area contributed by atoms with Gasteiger partial charge in [0.2, 0.25) is 0 Å². The van der Waals surface area contributed by atoms with E-state index < -0.39 is 0 Å². The highest BCUT2D eigenvalue weighted by atomic mass is 15.0. The van der Waals surface area contributed by atoms with Crippen LogP contribution in [0.2, 0.25) is 0 Å². The summed E-state index contributed by atoms with van der Waals surface area (Å²) in [5.41, 5.74) is 12.9. The van der Waals surface area contributed by atoms with Gasteiger partial charge in [0.05, 0.1) is 11.0 Å². The summed E-state index contributed by atoms with van der Waals surface area (Å²) in [6.45, 7) is 13.7. The van der Waals surface area contributed by atoms with E-state index in [-0.39, 0.29) is 0 Å². The highest BCUT2D eigenvalue weighted by molar-refractivity contribution is 6.22. The Morgan fingerprint density at radius 3 is 1.88 bits per heavy atom. The molecule has 0 aliphatic heterocycles. The monoisotopic (exact) mass is 620 g/mol. The summed E-state index contributed by atoms with van der Waals surface area (Å²) in [6.07, 6.45) is 0. The molecular weight excluding hydrogens is 581 g/mol. The van der Waals surface area contributed by atoms with Crippen molar-refractivity contribution in [3.8, 4) is 16.8 Å². The number of para-hydroxylation sites is 1. The van der Waals surface area contributed by atoms with E-state index in [2.05, 4.69) is 172 Å². The van der Waals surface area contributed by atoms with Gasteiger partial charge in [0.1, 0.15) is 0 Å². The first-order valence-electron chi connectivity index (χ1n) is 17.3. The van der Waals surface area contributed by atoms with Crippen molar-refractivity contribution in [2.45, 2.75) is 53.5 Å². The highest BCUT2D eigenvalue weighted by Gasteiger charge is 2.22. The van der Waals surface area contributed by atoms with Gasteiger partial charge in [-0.2, -0.15) is 0 Å². The van der Waals surface area contributed by atoms with Crippen LogP contribution in [0.4, 0.5) is 0 Å². The van der Waals surface area contributed by atoms with Crippen LogP contribution in [0.25, 0.3) is 82.0 Å². The molecule has 0 radical (unpaired) electrons. The molecule has 0 spiro atoms. The summed E-state index contributed by atoms with van der Waals surface area (Å²) < 4.78 is 5.06. The van der Waals surface area contributed by atoms with Crippen LogP contribution in [0.15, 0.2) is 121 Å². The van der Waals surface area contributed by atoms with Crippen molar-refractivity contribution in [3.05, 3.63) is 138 Å². The van der Waals surface area contributed by atoms with Crippen LogP contribution in [-0.4, -0.2) is 9.13 Å². The summed E-state index contributed by atoms with van der Waals surface area (Å²) in [6, 6.07) is 46.2. The van der Waals surface area contributed by atoms with Gasteiger partial charge in [-0.15, -0.1) is 0 Å². The molecule has 0 fully saturated rings. The SMILES string of the molecule is Cc1cc(-n2c3ccccc3c3cc4ccccc4c(-c4ccc5c(c4)c4cc6ccccc6cc4n5C(C)C)c32)c(C)cc1C(C)C. The van der Waals surface area contributed by atoms with E-state index in [1.807, 2.05) is 0 Å². The summed E-state index contributed by atoms with van der Waals surface area (Å²) in [5.74, 6) is 0.479. The van der Waals surface area contributed by atoms with Gasteiger partial charge in [-0.25, -0.2) is 0 Å². The summed E-state index contributed by atoms with van der Waals surface area (Å²) in [7, 11) is 0. The second-order valence-electron chi connectivity index (χ2n) is 14.3. The van der Waals surface area contributed by atoms with E-state index in [1.54, 1.807) is 0 Å². The predicted octanol–water partition coefficient (Wildman–Crippen LogP) is 13.2. The molecular formula is C46H40N2. The Morgan fingerprint density at radius 2 is 1.12 bits per heavy atom. The van der Waals surface area contributed by atoms with Crippen LogP contribution in [0.3, 0.4) is 0 Å².